The molecule has 1 amide bonds. The van der Waals surface area contributed by atoms with Crippen molar-refractivity contribution in [1.29, 1.82) is 0 Å². The van der Waals surface area contributed by atoms with Gasteiger partial charge >= 0.3 is 0 Å². The quantitative estimate of drug-likeness (QED) is 0.604. The molecule has 32 heavy (non-hydrogen) atoms. The highest BCUT2D eigenvalue weighted by Crippen LogP contribution is 2.28. The first kappa shape index (κ1) is 22.8. The van der Waals surface area contributed by atoms with Crippen LogP contribution in [0.1, 0.15) is 53.2 Å². The average Bonchev–Trinajstić information content (AvgIpc) is 3.42. The lowest BCUT2D eigenvalue weighted by Crippen LogP contribution is -2.37. The highest BCUT2D eigenvalue weighted by Gasteiger charge is 2.29. The van der Waals surface area contributed by atoms with Crippen LogP contribution in [0.4, 0.5) is 0 Å². The summed E-state index contributed by atoms with van der Waals surface area (Å²) in [6, 6.07) is 12.7. The lowest BCUT2D eigenvalue weighted by molar-refractivity contribution is 0.0937. The predicted molar refractivity (Wildman–Crippen MR) is 123 cm³/mol. The van der Waals surface area contributed by atoms with E-state index in [1.54, 1.807) is 19.2 Å². The molecule has 1 aliphatic heterocycles. The Morgan fingerprint density at radius 1 is 1.16 bits per heavy atom. The first-order valence-corrected chi connectivity index (χ1v) is 12.6. The van der Waals surface area contributed by atoms with Crippen LogP contribution in [0.25, 0.3) is 0 Å². The zero-order valence-electron chi connectivity index (χ0n) is 18.6. The Bertz CT molecular complexity index is 1080. The summed E-state index contributed by atoms with van der Waals surface area (Å²) in [5.41, 5.74) is 2.22. The molecule has 2 fully saturated rings. The largest absolute Gasteiger partial charge is 0.497 e. The fourth-order valence-electron chi connectivity index (χ4n) is 4.15. The first-order valence-electron chi connectivity index (χ1n) is 11.2. The Hall–Kier alpha value is -2.42. The Kier molecular flexibility index (Phi) is 6.83. The van der Waals surface area contributed by atoms with Crippen molar-refractivity contribution >= 4 is 15.9 Å². The highest BCUT2D eigenvalue weighted by molar-refractivity contribution is 7.89. The molecule has 2 aromatic carbocycles. The van der Waals surface area contributed by atoms with Crippen LogP contribution in [-0.2, 0) is 10.0 Å². The Balaban J connectivity index is 1.52. The number of carbonyl (C=O) groups is 1. The topological polar surface area (TPSA) is 87.7 Å². The fourth-order valence-corrected chi connectivity index (χ4v) is 5.48. The van der Waals surface area contributed by atoms with E-state index in [9.17, 15) is 13.2 Å². The predicted octanol–water partition coefficient (Wildman–Crippen LogP) is 3.01. The zero-order valence-corrected chi connectivity index (χ0v) is 19.5. The third-order valence-electron chi connectivity index (χ3n) is 6.18. The second-order valence-corrected chi connectivity index (χ2v) is 10.3. The lowest BCUT2D eigenvalue weighted by Gasteiger charge is -2.28. The summed E-state index contributed by atoms with van der Waals surface area (Å²) in [6.45, 7) is 4.22. The molecular weight excluding hydrogens is 426 g/mol. The van der Waals surface area contributed by atoms with Crippen LogP contribution in [0.15, 0.2) is 47.4 Å². The number of nitrogens with zero attached hydrogens (tertiary/aromatic N) is 1. The van der Waals surface area contributed by atoms with Crippen LogP contribution in [0.3, 0.4) is 0 Å². The highest BCUT2D eigenvalue weighted by atomic mass is 32.2. The molecule has 1 aliphatic carbocycles. The number of aryl methyl sites for hydroxylation is 1. The van der Waals surface area contributed by atoms with E-state index in [-0.39, 0.29) is 22.9 Å². The normalized spacial score (nSPS) is 17.8. The van der Waals surface area contributed by atoms with Crippen LogP contribution < -0.4 is 14.8 Å². The van der Waals surface area contributed by atoms with Gasteiger partial charge in [-0.25, -0.2) is 13.1 Å². The summed E-state index contributed by atoms with van der Waals surface area (Å²) in [5, 5.41) is 3.05. The number of amides is 1. The molecule has 1 heterocycles. The number of likely N-dealkylation sites (tertiary alicyclic amines) is 1. The maximum absolute atomic E-state index is 13.1. The van der Waals surface area contributed by atoms with Gasteiger partial charge in [0.15, 0.2) is 0 Å². The summed E-state index contributed by atoms with van der Waals surface area (Å²) >= 11 is 0. The van der Waals surface area contributed by atoms with E-state index < -0.39 is 10.0 Å². The van der Waals surface area contributed by atoms with E-state index in [2.05, 4.69) is 21.0 Å². The van der Waals surface area contributed by atoms with Gasteiger partial charge in [0.2, 0.25) is 10.0 Å². The van der Waals surface area contributed by atoms with Crippen molar-refractivity contribution in [1.82, 2.24) is 14.9 Å². The van der Waals surface area contributed by atoms with E-state index in [1.807, 2.05) is 25.1 Å². The van der Waals surface area contributed by atoms with Gasteiger partial charge in [0.25, 0.3) is 5.91 Å². The van der Waals surface area contributed by atoms with Gasteiger partial charge in [0.05, 0.1) is 18.0 Å². The molecule has 1 saturated heterocycles. The Labute approximate surface area is 190 Å². The minimum atomic E-state index is -3.62. The van der Waals surface area contributed by atoms with Crippen molar-refractivity contribution in [3.63, 3.8) is 0 Å². The van der Waals surface area contributed by atoms with Crippen LogP contribution in [0.2, 0.25) is 0 Å². The van der Waals surface area contributed by atoms with Gasteiger partial charge in [-0.05, 0) is 81.1 Å². The molecule has 0 radical (unpaired) electrons. The number of methoxy groups -OCH3 is 1. The standard InChI is InChI=1S/C24H31N3O4S/c1-17-8-11-21(32(29,30)26-19-9-10-19)15-22(17)24(28)25-16-23(27-12-3-4-13-27)18-6-5-7-20(14-18)31-2/h5-8,11,14-15,19,23,26H,3-4,9-10,12-13,16H2,1-2H3,(H,25,28)/t23-/m1/s1. The third-order valence-corrected chi connectivity index (χ3v) is 7.70. The van der Waals surface area contributed by atoms with Gasteiger partial charge in [-0.1, -0.05) is 18.2 Å². The third kappa shape index (κ3) is 5.31. The molecule has 8 heteroatoms. The van der Waals surface area contributed by atoms with Crippen LogP contribution >= 0.6 is 0 Å². The van der Waals surface area contributed by atoms with Gasteiger partial charge in [0, 0.05) is 18.2 Å². The molecule has 172 valence electrons. The van der Waals surface area contributed by atoms with Crippen LogP contribution in [-0.4, -0.2) is 52.0 Å². The van der Waals surface area contributed by atoms with Crippen molar-refractivity contribution in [3.05, 3.63) is 59.2 Å². The number of hydrogen-bond donors (Lipinski definition) is 2. The van der Waals surface area contributed by atoms with Gasteiger partial charge in [0.1, 0.15) is 5.75 Å². The number of sulfonamides is 1. The zero-order chi connectivity index (χ0) is 22.7. The summed E-state index contributed by atoms with van der Waals surface area (Å²) in [6.07, 6.45) is 4.00. The lowest BCUT2D eigenvalue weighted by atomic mass is 10.0. The number of nitrogens with one attached hydrogen (secondary N) is 2. The van der Waals surface area contributed by atoms with Gasteiger partial charge in [-0.15, -0.1) is 0 Å². The number of rotatable bonds is 9. The van der Waals surface area contributed by atoms with Crippen molar-refractivity contribution in [2.24, 2.45) is 0 Å². The molecule has 0 spiro atoms. The number of hydrogen-bond acceptors (Lipinski definition) is 5. The summed E-state index contributed by atoms with van der Waals surface area (Å²) in [7, 11) is -1.97. The SMILES string of the molecule is COc1cccc([C@@H](CNC(=O)c2cc(S(=O)(=O)NC3CC3)ccc2C)N2CCCC2)c1. The van der Waals surface area contributed by atoms with Gasteiger partial charge in [-0.3, -0.25) is 9.69 Å². The maximum Gasteiger partial charge on any atom is 0.251 e. The monoisotopic (exact) mass is 457 g/mol. The molecule has 7 nitrogen and oxygen atoms in total. The van der Waals surface area contributed by atoms with E-state index in [4.69, 9.17) is 4.74 Å². The summed E-state index contributed by atoms with van der Waals surface area (Å²) < 4.78 is 33.2. The fraction of sp³-hybridized carbons (Fsp3) is 0.458. The van der Waals surface area contributed by atoms with E-state index in [0.29, 0.717) is 12.1 Å². The minimum absolute atomic E-state index is 0.0164. The smallest absolute Gasteiger partial charge is 0.251 e. The molecule has 1 saturated carbocycles. The van der Waals surface area contributed by atoms with E-state index in [1.165, 1.54) is 6.07 Å². The average molecular weight is 458 g/mol. The molecule has 2 N–H and O–H groups in total. The number of benzene rings is 2. The van der Waals surface area contributed by atoms with Crippen LogP contribution in [0.5, 0.6) is 5.75 Å². The van der Waals surface area contributed by atoms with Crippen molar-refractivity contribution in [2.45, 2.75) is 49.6 Å². The molecule has 0 bridgehead atoms. The molecule has 0 unspecified atom stereocenters. The molecule has 2 aliphatic rings. The molecule has 2 aromatic rings. The van der Waals surface area contributed by atoms with Gasteiger partial charge < -0.3 is 10.1 Å². The van der Waals surface area contributed by atoms with E-state index >= 15 is 0 Å². The second-order valence-electron chi connectivity index (χ2n) is 8.62. The maximum atomic E-state index is 13.1. The minimum Gasteiger partial charge on any atom is -0.497 e. The summed E-state index contributed by atoms with van der Waals surface area (Å²) in [5.74, 6) is 0.521. The van der Waals surface area contributed by atoms with Gasteiger partial charge in [-0.2, -0.15) is 0 Å². The Morgan fingerprint density at radius 2 is 1.91 bits per heavy atom. The van der Waals surface area contributed by atoms with Crippen molar-refractivity contribution in [3.8, 4) is 5.75 Å². The van der Waals surface area contributed by atoms with E-state index in [0.717, 1.165) is 55.6 Å². The second kappa shape index (κ2) is 9.60. The first-order chi connectivity index (χ1) is 15.4. The van der Waals surface area contributed by atoms with Crippen LogP contribution in [0, 0.1) is 6.92 Å². The Morgan fingerprint density at radius 3 is 2.59 bits per heavy atom. The number of ether oxygens (including phenoxy) is 1. The molecule has 0 aromatic heterocycles. The molecular formula is C24H31N3O4S. The molecule has 4 rings (SSSR count). The van der Waals surface area contributed by atoms with Crippen molar-refractivity contribution < 1.29 is 17.9 Å². The summed E-state index contributed by atoms with van der Waals surface area (Å²) in [4.78, 5) is 15.6. The molecule has 1 atom stereocenters. The number of carbonyl (C=O) groups excluding carboxylic acids is 1. The van der Waals surface area contributed by atoms with Crippen molar-refractivity contribution in [2.75, 3.05) is 26.7 Å².